The summed E-state index contributed by atoms with van der Waals surface area (Å²) in [6, 6.07) is 11.0. The Morgan fingerprint density at radius 3 is 2.60 bits per heavy atom. The first-order valence-electron chi connectivity index (χ1n) is 7.74. The maximum atomic E-state index is 12.2. The molecule has 0 saturated carbocycles. The number of nitrogens with one attached hydrogen (secondary N) is 1. The molecule has 1 aliphatic rings. The van der Waals surface area contributed by atoms with E-state index >= 15 is 0 Å². The summed E-state index contributed by atoms with van der Waals surface area (Å²) in [5.74, 6) is -0.318. The average molecular weight is 343 g/mol. The zero-order chi connectivity index (χ0) is 17.8. The van der Waals surface area contributed by atoms with Crippen LogP contribution in [0.25, 0.3) is 0 Å². The summed E-state index contributed by atoms with van der Waals surface area (Å²) in [6.07, 6.45) is -1.04. The second kappa shape index (κ2) is 7.12. The quantitative estimate of drug-likeness (QED) is 0.828. The van der Waals surface area contributed by atoms with Gasteiger partial charge in [0.1, 0.15) is 24.5 Å². The monoisotopic (exact) mass is 343 g/mol. The summed E-state index contributed by atoms with van der Waals surface area (Å²) < 4.78 is 16.0. The summed E-state index contributed by atoms with van der Waals surface area (Å²) >= 11 is 0. The molecule has 2 N–H and O–H groups in total. The van der Waals surface area contributed by atoms with E-state index in [0.29, 0.717) is 30.4 Å². The third kappa shape index (κ3) is 3.82. The van der Waals surface area contributed by atoms with Crippen molar-refractivity contribution in [2.24, 2.45) is 0 Å². The number of fused-ring (bicyclic) bond motifs is 1. The summed E-state index contributed by atoms with van der Waals surface area (Å²) in [6.45, 7) is 2.38. The number of amides is 1. The van der Waals surface area contributed by atoms with Crippen LogP contribution < -0.4 is 14.8 Å². The number of hydrogen-bond acceptors (Lipinski definition) is 6. The zero-order valence-electron chi connectivity index (χ0n) is 13.5. The van der Waals surface area contributed by atoms with Gasteiger partial charge in [0.15, 0.2) is 17.6 Å². The molecule has 0 aliphatic carbocycles. The van der Waals surface area contributed by atoms with Crippen molar-refractivity contribution in [1.29, 1.82) is 0 Å². The SMILES string of the molecule is C[C@@H](OC(=O)c1ccccc1O)C(=O)Nc1ccc2c(c1)OCCO2. The Balaban J connectivity index is 1.63. The lowest BCUT2D eigenvalue weighted by atomic mass is 10.2. The van der Waals surface area contributed by atoms with Gasteiger partial charge in [0.2, 0.25) is 0 Å². The highest BCUT2D eigenvalue weighted by molar-refractivity contribution is 5.98. The molecule has 2 aromatic carbocycles. The maximum Gasteiger partial charge on any atom is 0.342 e. The van der Waals surface area contributed by atoms with E-state index in [1.54, 1.807) is 30.3 Å². The lowest BCUT2D eigenvalue weighted by Gasteiger charge is -2.19. The van der Waals surface area contributed by atoms with Gasteiger partial charge in [0.25, 0.3) is 5.91 Å². The van der Waals surface area contributed by atoms with Gasteiger partial charge in [-0.25, -0.2) is 4.79 Å². The normalized spacial score (nSPS) is 13.6. The largest absolute Gasteiger partial charge is 0.507 e. The molecule has 0 spiro atoms. The zero-order valence-corrected chi connectivity index (χ0v) is 13.5. The lowest BCUT2D eigenvalue weighted by Crippen LogP contribution is -2.30. The van der Waals surface area contributed by atoms with Crippen LogP contribution in [0.3, 0.4) is 0 Å². The van der Waals surface area contributed by atoms with E-state index < -0.39 is 18.0 Å². The van der Waals surface area contributed by atoms with Gasteiger partial charge in [-0.1, -0.05) is 12.1 Å². The van der Waals surface area contributed by atoms with Gasteiger partial charge in [0, 0.05) is 11.8 Å². The highest BCUT2D eigenvalue weighted by Gasteiger charge is 2.21. The number of carbonyl (C=O) groups is 2. The Bertz CT molecular complexity index is 804. The van der Waals surface area contributed by atoms with Crippen LogP contribution in [0.2, 0.25) is 0 Å². The number of phenolic OH excluding ortho intramolecular Hbond substituents is 1. The highest BCUT2D eigenvalue weighted by atomic mass is 16.6. The first-order valence-corrected chi connectivity index (χ1v) is 7.74. The molecule has 1 amide bonds. The Morgan fingerprint density at radius 1 is 1.12 bits per heavy atom. The van der Waals surface area contributed by atoms with Crippen molar-refractivity contribution in [2.75, 3.05) is 18.5 Å². The van der Waals surface area contributed by atoms with Crippen molar-refractivity contribution >= 4 is 17.6 Å². The Labute approximate surface area is 144 Å². The van der Waals surface area contributed by atoms with Crippen LogP contribution in [0.15, 0.2) is 42.5 Å². The van der Waals surface area contributed by atoms with Crippen LogP contribution >= 0.6 is 0 Å². The molecule has 0 radical (unpaired) electrons. The fourth-order valence-corrected chi connectivity index (χ4v) is 2.29. The van der Waals surface area contributed by atoms with Crippen LogP contribution in [0.1, 0.15) is 17.3 Å². The Hall–Kier alpha value is -3.22. The van der Waals surface area contributed by atoms with Crippen LogP contribution in [0, 0.1) is 0 Å². The smallest absolute Gasteiger partial charge is 0.342 e. The number of esters is 1. The van der Waals surface area contributed by atoms with Crippen LogP contribution in [-0.2, 0) is 9.53 Å². The van der Waals surface area contributed by atoms with Gasteiger partial charge in [-0.05, 0) is 31.2 Å². The van der Waals surface area contributed by atoms with Gasteiger partial charge in [0.05, 0.1) is 0 Å². The van der Waals surface area contributed by atoms with Gasteiger partial charge >= 0.3 is 5.97 Å². The van der Waals surface area contributed by atoms with Crippen LogP contribution in [-0.4, -0.2) is 36.3 Å². The Kier molecular flexibility index (Phi) is 4.74. The molecule has 25 heavy (non-hydrogen) atoms. The molecule has 7 heteroatoms. The fraction of sp³-hybridized carbons (Fsp3) is 0.222. The third-order valence-electron chi connectivity index (χ3n) is 3.59. The number of ether oxygens (including phenoxy) is 3. The minimum absolute atomic E-state index is 0.00137. The molecule has 0 bridgehead atoms. The molecular weight excluding hydrogens is 326 g/mol. The van der Waals surface area contributed by atoms with Gasteiger partial charge in [-0.15, -0.1) is 0 Å². The molecule has 130 valence electrons. The number of para-hydroxylation sites is 1. The third-order valence-corrected chi connectivity index (χ3v) is 3.59. The maximum absolute atomic E-state index is 12.2. The van der Waals surface area contributed by atoms with E-state index in [1.165, 1.54) is 19.1 Å². The molecule has 2 aromatic rings. The van der Waals surface area contributed by atoms with Gasteiger partial charge < -0.3 is 24.6 Å². The van der Waals surface area contributed by atoms with Crippen molar-refractivity contribution in [2.45, 2.75) is 13.0 Å². The van der Waals surface area contributed by atoms with Crippen molar-refractivity contribution in [3.05, 3.63) is 48.0 Å². The van der Waals surface area contributed by atoms with E-state index in [4.69, 9.17) is 14.2 Å². The van der Waals surface area contributed by atoms with Gasteiger partial charge in [-0.2, -0.15) is 0 Å². The number of phenols is 1. The van der Waals surface area contributed by atoms with Crippen LogP contribution in [0.4, 0.5) is 5.69 Å². The standard InChI is InChI=1S/C18H17NO6/c1-11(25-18(22)13-4-2-3-5-14(13)20)17(21)19-12-6-7-15-16(10-12)24-9-8-23-15/h2-7,10-11,20H,8-9H2,1H3,(H,19,21)/t11-/m1/s1. The molecule has 0 aromatic heterocycles. The predicted molar refractivity (Wildman–Crippen MR) is 89.0 cm³/mol. The first-order chi connectivity index (χ1) is 12.0. The minimum atomic E-state index is -1.04. The van der Waals surface area contributed by atoms with Crippen molar-refractivity contribution in [3.8, 4) is 17.2 Å². The molecule has 0 fully saturated rings. The number of carbonyl (C=O) groups excluding carboxylic acids is 2. The number of anilines is 1. The summed E-state index contributed by atoms with van der Waals surface area (Å²) in [7, 11) is 0. The van der Waals surface area contributed by atoms with E-state index in [1.807, 2.05) is 0 Å². The Morgan fingerprint density at radius 2 is 1.84 bits per heavy atom. The molecule has 3 rings (SSSR count). The number of hydrogen-bond donors (Lipinski definition) is 2. The first kappa shape index (κ1) is 16.6. The van der Waals surface area contributed by atoms with Crippen molar-refractivity contribution in [3.63, 3.8) is 0 Å². The second-order valence-electron chi connectivity index (χ2n) is 5.41. The summed E-state index contributed by atoms with van der Waals surface area (Å²) in [5, 5.41) is 12.3. The van der Waals surface area contributed by atoms with E-state index in [2.05, 4.69) is 5.32 Å². The van der Waals surface area contributed by atoms with Crippen molar-refractivity contribution < 1.29 is 28.9 Å². The minimum Gasteiger partial charge on any atom is -0.507 e. The molecular formula is C18H17NO6. The number of rotatable bonds is 4. The van der Waals surface area contributed by atoms with Gasteiger partial charge in [-0.3, -0.25) is 4.79 Å². The molecule has 0 unspecified atom stereocenters. The van der Waals surface area contributed by atoms with E-state index in [9.17, 15) is 14.7 Å². The predicted octanol–water partition coefficient (Wildman–Crippen LogP) is 2.35. The second-order valence-corrected chi connectivity index (χ2v) is 5.41. The number of benzene rings is 2. The molecule has 0 saturated heterocycles. The lowest BCUT2D eigenvalue weighted by molar-refractivity contribution is -0.123. The highest BCUT2D eigenvalue weighted by Crippen LogP contribution is 2.32. The van der Waals surface area contributed by atoms with Crippen LogP contribution in [0.5, 0.6) is 17.2 Å². The van der Waals surface area contributed by atoms with E-state index in [0.717, 1.165) is 0 Å². The number of aromatic hydroxyl groups is 1. The molecule has 7 nitrogen and oxygen atoms in total. The molecule has 1 aliphatic heterocycles. The molecule has 1 atom stereocenters. The topological polar surface area (TPSA) is 94.1 Å². The molecule has 1 heterocycles. The summed E-state index contributed by atoms with van der Waals surface area (Å²) in [5.41, 5.74) is 0.501. The average Bonchev–Trinajstić information content (AvgIpc) is 2.61. The van der Waals surface area contributed by atoms with E-state index in [-0.39, 0.29) is 11.3 Å². The fourth-order valence-electron chi connectivity index (χ4n) is 2.29. The summed E-state index contributed by atoms with van der Waals surface area (Å²) in [4.78, 5) is 24.2. The van der Waals surface area contributed by atoms with Crippen molar-refractivity contribution in [1.82, 2.24) is 0 Å².